The Morgan fingerprint density at radius 3 is 2.14 bits per heavy atom. The molecule has 0 saturated heterocycles. The molecule has 0 saturated carbocycles. The molecule has 0 aliphatic carbocycles. The fraction of sp³-hybridized carbons (Fsp3) is 0.192. The van der Waals surface area contributed by atoms with Crippen molar-refractivity contribution in [2.45, 2.75) is 66.7 Å². The first-order valence-electron chi connectivity index (χ1n) is 19.8. The van der Waals surface area contributed by atoms with Gasteiger partial charge in [0.05, 0.1) is 16.6 Å². The maximum atomic E-state index is 11.6. The Labute approximate surface area is 353 Å². The molecule has 0 aliphatic rings. The van der Waals surface area contributed by atoms with Crippen molar-refractivity contribution in [3.63, 3.8) is 0 Å². The zero-order chi connectivity index (χ0) is 40.2. The predicted molar refractivity (Wildman–Crippen MR) is 234 cm³/mol. The first kappa shape index (κ1) is 38.3. The van der Waals surface area contributed by atoms with E-state index < -0.39 is 5.89 Å². The van der Waals surface area contributed by atoms with Gasteiger partial charge in [0.15, 0.2) is 0 Å². The Kier molecular flexibility index (Phi) is 10.6. The van der Waals surface area contributed by atoms with E-state index in [1.165, 1.54) is 5.56 Å². The molecule has 1 N–H and O–H groups in total. The van der Waals surface area contributed by atoms with Gasteiger partial charge < -0.3 is 5.11 Å². The zero-order valence-electron chi connectivity index (χ0n) is 34.8. The van der Waals surface area contributed by atoms with Crippen LogP contribution in [0.3, 0.4) is 0 Å². The molecule has 8 rings (SSSR count). The van der Waals surface area contributed by atoms with E-state index in [2.05, 4.69) is 129 Å². The summed E-state index contributed by atoms with van der Waals surface area (Å²) in [5, 5.41) is 11.6. The molecule has 0 amide bonds. The summed E-state index contributed by atoms with van der Waals surface area (Å²) < 4.78 is 11.6. The molecule has 57 heavy (non-hydrogen) atoms. The van der Waals surface area contributed by atoms with Gasteiger partial charge in [-0.25, -0.2) is 4.98 Å². The number of phenols is 1. The molecular weight excluding hydrogens is 878 g/mol. The van der Waals surface area contributed by atoms with E-state index in [0.29, 0.717) is 11.4 Å². The van der Waals surface area contributed by atoms with E-state index in [0.717, 1.165) is 83.6 Å². The van der Waals surface area contributed by atoms with Crippen LogP contribution in [-0.2, 0) is 26.5 Å². The number of aryl methyl sites for hydroxylation is 3. The monoisotopic (exact) mass is 926 g/mol. The van der Waals surface area contributed by atoms with Gasteiger partial charge in [0.25, 0.3) is 0 Å². The number of rotatable bonds is 7. The van der Waals surface area contributed by atoms with Crippen molar-refractivity contribution in [3.05, 3.63) is 167 Å². The third kappa shape index (κ3) is 7.64. The van der Waals surface area contributed by atoms with Gasteiger partial charge in [-0.05, 0) is 100.0 Å². The molecule has 0 unspecified atom stereocenters. The molecule has 0 atom stereocenters. The van der Waals surface area contributed by atoms with Crippen LogP contribution in [0.2, 0.25) is 0 Å². The standard InChI is InChI=1S/C52H48N3O.Pt/c1-32(2)44-31-40(21-22-42(44)43-17-12-13-19-46(43)52(6,7)8)55-48-20-14-18-41(49(48)54-51(55)45-28-33(3)25-35(5)50(45)56)38-26-34(4)27-39(29-38)47-30-37(23-24-53-47)36-15-10-9-11-16-36;/h9-28,30-32,56H,1-8H3;/q-1;/i32D;. The fourth-order valence-corrected chi connectivity index (χ4v) is 7.97. The number of aromatic hydroxyl groups is 1. The maximum Gasteiger partial charge on any atom is 0.148 e. The van der Waals surface area contributed by atoms with Crippen LogP contribution in [0.15, 0.2) is 134 Å². The van der Waals surface area contributed by atoms with Crippen LogP contribution in [0.1, 0.15) is 69.7 Å². The van der Waals surface area contributed by atoms with E-state index in [1.807, 2.05) is 70.3 Å². The summed E-state index contributed by atoms with van der Waals surface area (Å²) in [5.41, 5.74) is 16.1. The average molecular weight is 927 g/mol. The van der Waals surface area contributed by atoms with Gasteiger partial charge >= 0.3 is 0 Å². The number of nitrogens with zero attached hydrogens (tertiary/aromatic N) is 3. The first-order valence-corrected chi connectivity index (χ1v) is 19.3. The summed E-state index contributed by atoms with van der Waals surface area (Å²) in [5.74, 6) is -0.0912. The molecule has 0 aliphatic heterocycles. The Bertz CT molecular complexity index is 2810. The number of para-hydroxylation sites is 1. The first-order chi connectivity index (χ1) is 27.2. The predicted octanol–water partition coefficient (Wildman–Crippen LogP) is 13.6. The molecular formula is C52H48N3OPt-. The Morgan fingerprint density at radius 1 is 0.684 bits per heavy atom. The van der Waals surface area contributed by atoms with E-state index in [-0.39, 0.29) is 32.2 Å². The summed E-state index contributed by atoms with van der Waals surface area (Å²) in [6.45, 7) is 16.7. The molecule has 0 bridgehead atoms. The number of benzene rings is 6. The van der Waals surface area contributed by atoms with Crippen LogP contribution in [0.25, 0.3) is 72.7 Å². The summed E-state index contributed by atoms with van der Waals surface area (Å²) in [6, 6.07) is 47.7. The Morgan fingerprint density at radius 2 is 1.39 bits per heavy atom. The number of hydrogen-bond acceptors (Lipinski definition) is 3. The van der Waals surface area contributed by atoms with Gasteiger partial charge in [0, 0.05) is 40.0 Å². The van der Waals surface area contributed by atoms with E-state index >= 15 is 0 Å². The molecule has 2 heterocycles. The maximum absolute atomic E-state index is 11.6. The van der Waals surface area contributed by atoms with Crippen LogP contribution >= 0.6 is 0 Å². The fourth-order valence-electron chi connectivity index (χ4n) is 7.97. The minimum absolute atomic E-state index is 0. The van der Waals surface area contributed by atoms with Crippen molar-refractivity contribution >= 4 is 11.0 Å². The van der Waals surface area contributed by atoms with Crippen molar-refractivity contribution in [1.82, 2.24) is 14.5 Å². The smallest absolute Gasteiger partial charge is 0.148 e. The van der Waals surface area contributed by atoms with Crippen molar-refractivity contribution in [3.8, 4) is 67.5 Å². The molecule has 0 radical (unpaired) electrons. The van der Waals surface area contributed by atoms with Crippen LogP contribution in [0, 0.1) is 26.8 Å². The van der Waals surface area contributed by atoms with Gasteiger partial charge in [-0.2, -0.15) is 0 Å². The normalized spacial score (nSPS) is 12.0. The summed E-state index contributed by atoms with van der Waals surface area (Å²) in [6.07, 6.45) is 1.86. The number of hydrogen-bond donors (Lipinski definition) is 1. The van der Waals surface area contributed by atoms with Gasteiger partial charge in [-0.1, -0.05) is 138 Å². The molecule has 5 heteroatoms. The minimum atomic E-state index is -0.918. The van der Waals surface area contributed by atoms with E-state index in [4.69, 9.17) is 9.97 Å². The van der Waals surface area contributed by atoms with Crippen molar-refractivity contribution in [2.75, 3.05) is 0 Å². The second-order valence-electron chi connectivity index (χ2n) is 16.2. The third-order valence-corrected chi connectivity index (χ3v) is 10.6. The average Bonchev–Trinajstić information content (AvgIpc) is 3.58. The minimum Gasteiger partial charge on any atom is -0.507 e. The summed E-state index contributed by atoms with van der Waals surface area (Å²) in [7, 11) is 0. The molecule has 2 aromatic heterocycles. The number of fused-ring (bicyclic) bond motifs is 1. The topological polar surface area (TPSA) is 50.9 Å². The van der Waals surface area contributed by atoms with Gasteiger partial charge in [0.1, 0.15) is 11.6 Å². The SMILES string of the molecule is [2H]C(C)(C)c1cc(-n2c(-c3cc(C)cc(C)c3O)nc3c(-c4[c-]c(-c5cc(-c6ccccc6)ccn5)cc(C)c4)cccc32)ccc1-c1ccccc1C(C)(C)C.[Pt]. The van der Waals surface area contributed by atoms with E-state index in [9.17, 15) is 6.48 Å². The molecule has 0 fully saturated rings. The number of imidazole rings is 1. The van der Waals surface area contributed by atoms with Crippen LogP contribution in [-0.4, -0.2) is 19.6 Å². The largest absolute Gasteiger partial charge is 0.507 e. The van der Waals surface area contributed by atoms with Crippen LogP contribution in [0.5, 0.6) is 5.75 Å². The molecule has 4 nitrogen and oxygen atoms in total. The second kappa shape index (κ2) is 15.8. The summed E-state index contributed by atoms with van der Waals surface area (Å²) >= 11 is 0. The van der Waals surface area contributed by atoms with Crippen molar-refractivity contribution in [2.24, 2.45) is 0 Å². The molecule has 0 spiro atoms. The number of aromatic nitrogens is 3. The number of pyridine rings is 1. The Hall–Kier alpha value is -5.57. The molecule has 288 valence electrons. The second-order valence-corrected chi connectivity index (χ2v) is 16.2. The quantitative estimate of drug-likeness (QED) is 0.162. The Balaban J connectivity index is 0.00000512. The van der Waals surface area contributed by atoms with Crippen LogP contribution < -0.4 is 0 Å². The van der Waals surface area contributed by atoms with Crippen molar-refractivity contribution < 1.29 is 27.5 Å². The van der Waals surface area contributed by atoms with Crippen LogP contribution in [0.4, 0.5) is 0 Å². The van der Waals surface area contributed by atoms with Gasteiger partial charge in [-0.3, -0.25) is 9.55 Å². The third-order valence-electron chi connectivity index (χ3n) is 10.6. The molecule has 6 aromatic carbocycles. The van der Waals surface area contributed by atoms with E-state index in [1.54, 1.807) is 0 Å². The summed E-state index contributed by atoms with van der Waals surface area (Å²) in [4.78, 5) is 10.2. The van der Waals surface area contributed by atoms with Crippen molar-refractivity contribution in [1.29, 1.82) is 0 Å². The zero-order valence-corrected chi connectivity index (χ0v) is 36.1. The van der Waals surface area contributed by atoms with Gasteiger partial charge in [-0.15, -0.1) is 29.3 Å². The number of phenolic OH excluding ortho intramolecular Hbond substituents is 1. The van der Waals surface area contributed by atoms with Gasteiger partial charge in [0.2, 0.25) is 0 Å². The molecule has 8 aromatic rings.